The summed E-state index contributed by atoms with van der Waals surface area (Å²) in [6, 6.07) is 87.1. The van der Waals surface area contributed by atoms with E-state index in [1.54, 1.807) is 0 Å². The lowest BCUT2D eigenvalue weighted by Gasteiger charge is -2.28. The zero-order valence-electron chi connectivity index (χ0n) is 34.4. The molecule has 0 N–H and O–H groups in total. The quantitative estimate of drug-likeness (QED) is 0.153. The van der Waals surface area contributed by atoms with Crippen molar-refractivity contribution in [1.82, 2.24) is 4.57 Å². The second kappa shape index (κ2) is 15.3. The molecule has 2 heterocycles. The van der Waals surface area contributed by atoms with Gasteiger partial charge in [-0.3, -0.25) is 0 Å². The molecule has 12 aromatic rings. The molecule has 10 aromatic carbocycles. The average Bonchev–Trinajstić information content (AvgIpc) is 3.90. The number of anilines is 3. The zero-order chi connectivity index (χ0) is 41.7. The van der Waals surface area contributed by atoms with Crippen LogP contribution >= 0.6 is 0 Å². The van der Waals surface area contributed by atoms with Crippen LogP contribution in [0.25, 0.3) is 93.9 Å². The Morgan fingerprint density at radius 1 is 0.302 bits per heavy atom. The van der Waals surface area contributed by atoms with Gasteiger partial charge in [-0.15, -0.1) is 0 Å². The molecule has 3 heteroatoms. The molecule has 0 radical (unpaired) electrons. The predicted octanol–water partition coefficient (Wildman–Crippen LogP) is 16.8. The Morgan fingerprint density at radius 2 is 0.762 bits per heavy atom. The third-order valence-electron chi connectivity index (χ3n) is 12.4. The molecule has 0 amide bonds. The Hall–Kier alpha value is -8.40. The molecule has 0 saturated heterocycles. The molecule has 63 heavy (non-hydrogen) atoms. The van der Waals surface area contributed by atoms with Crippen molar-refractivity contribution >= 4 is 60.8 Å². The van der Waals surface area contributed by atoms with E-state index in [4.69, 9.17) is 4.42 Å². The van der Waals surface area contributed by atoms with Crippen molar-refractivity contribution in [3.05, 3.63) is 243 Å². The summed E-state index contributed by atoms with van der Waals surface area (Å²) in [5.41, 5.74) is 17.8. The van der Waals surface area contributed by atoms with Gasteiger partial charge in [-0.2, -0.15) is 0 Å². The van der Waals surface area contributed by atoms with E-state index in [0.29, 0.717) is 0 Å². The van der Waals surface area contributed by atoms with Crippen LogP contribution in [0.3, 0.4) is 0 Å². The summed E-state index contributed by atoms with van der Waals surface area (Å²) in [5, 5.41) is 4.75. The number of furan rings is 1. The van der Waals surface area contributed by atoms with Crippen molar-refractivity contribution in [2.24, 2.45) is 0 Å². The Kier molecular flexibility index (Phi) is 8.83. The first kappa shape index (κ1) is 36.5. The third-order valence-corrected chi connectivity index (χ3v) is 12.4. The summed E-state index contributed by atoms with van der Waals surface area (Å²) in [6.45, 7) is 0. The molecule has 0 aliphatic rings. The van der Waals surface area contributed by atoms with Gasteiger partial charge in [-0.25, -0.2) is 0 Å². The monoisotopic (exact) mass is 804 g/mol. The van der Waals surface area contributed by atoms with Crippen LogP contribution in [0.5, 0.6) is 0 Å². The van der Waals surface area contributed by atoms with Gasteiger partial charge in [0.2, 0.25) is 0 Å². The van der Waals surface area contributed by atoms with E-state index in [0.717, 1.165) is 61.4 Å². The molecule has 0 unspecified atom stereocenters. The van der Waals surface area contributed by atoms with Gasteiger partial charge in [0.15, 0.2) is 0 Å². The lowest BCUT2D eigenvalue weighted by atomic mass is 9.94. The lowest BCUT2D eigenvalue weighted by Crippen LogP contribution is -2.11. The van der Waals surface area contributed by atoms with Gasteiger partial charge < -0.3 is 13.9 Å². The molecule has 0 aliphatic heterocycles. The number of aromatic nitrogens is 1. The topological polar surface area (TPSA) is 21.3 Å². The summed E-state index contributed by atoms with van der Waals surface area (Å²) >= 11 is 0. The highest BCUT2D eigenvalue weighted by Gasteiger charge is 2.20. The molecule has 0 bridgehead atoms. The van der Waals surface area contributed by atoms with Gasteiger partial charge in [0, 0.05) is 44.0 Å². The highest BCUT2D eigenvalue weighted by atomic mass is 16.3. The fourth-order valence-electron chi connectivity index (χ4n) is 9.51. The Balaban J connectivity index is 0.994. The second-order valence-electron chi connectivity index (χ2n) is 16.1. The largest absolute Gasteiger partial charge is 0.456 e. The van der Waals surface area contributed by atoms with Crippen LogP contribution in [0.15, 0.2) is 247 Å². The van der Waals surface area contributed by atoms with Crippen molar-refractivity contribution in [2.75, 3.05) is 4.90 Å². The molecule has 296 valence electrons. The van der Waals surface area contributed by atoms with E-state index in [2.05, 4.69) is 240 Å². The van der Waals surface area contributed by atoms with E-state index in [-0.39, 0.29) is 0 Å². The maximum Gasteiger partial charge on any atom is 0.136 e. The minimum Gasteiger partial charge on any atom is -0.456 e. The van der Waals surface area contributed by atoms with Crippen molar-refractivity contribution in [2.45, 2.75) is 0 Å². The van der Waals surface area contributed by atoms with Gasteiger partial charge in [0.25, 0.3) is 0 Å². The predicted molar refractivity (Wildman–Crippen MR) is 264 cm³/mol. The number of rotatable bonds is 8. The molecular weight excluding hydrogens is 765 g/mol. The molecule has 2 aromatic heterocycles. The van der Waals surface area contributed by atoms with Crippen molar-refractivity contribution in [1.29, 1.82) is 0 Å². The molecular formula is C60H40N2O. The van der Waals surface area contributed by atoms with Crippen LogP contribution in [0.4, 0.5) is 17.1 Å². The Morgan fingerprint density at radius 3 is 1.43 bits per heavy atom. The molecule has 0 aliphatic carbocycles. The first-order chi connectivity index (χ1) is 31.3. The Labute approximate surface area is 366 Å². The molecule has 0 atom stereocenters. The molecule has 0 saturated carbocycles. The van der Waals surface area contributed by atoms with Crippen molar-refractivity contribution in [3.8, 4) is 50.2 Å². The molecule has 0 fully saturated rings. The number of fused-ring (bicyclic) bond motifs is 6. The lowest BCUT2D eigenvalue weighted by molar-refractivity contribution is 0.669. The van der Waals surface area contributed by atoms with E-state index < -0.39 is 0 Å². The molecule has 0 spiro atoms. The number of nitrogens with zero attached hydrogens (tertiary/aromatic N) is 2. The standard InChI is InChI=1S/C60H40N2O/c1-2-16-41(17-3-1)47-18-4-5-19-48(47)42-30-35-45(36-31-42)61(55-25-11-7-21-50(55)44-34-39-54-53-24-10-15-29-59(53)63-60(54)40-44)46-37-32-43(33-38-46)49-20-6-12-26-56(49)62-57-27-13-8-22-51(57)52-23-9-14-28-58(52)62/h1-40H. The maximum atomic E-state index is 6.40. The second-order valence-corrected chi connectivity index (χ2v) is 16.1. The third kappa shape index (κ3) is 6.29. The van der Waals surface area contributed by atoms with Crippen LogP contribution in [-0.4, -0.2) is 4.57 Å². The van der Waals surface area contributed by atoms with Crippen LogP contribution in [0.1, 0.15) is 0 Å². The van der Waals surface area contributed by atoms with Crippen LogP contribution in [0, 0.1) is 0 Å². The summed E-state index contributed by atoms with van der Waals surface area (Å²) < 4.78 is 8.81. The van der Waals surface area contributed by atoms with E-state index in [9.17, 15) is 0 Å². The smallest absolute Gasteiger partial charge is 0.136 e. The summed E-state index contributed by atoms with van der Waals surface area (Å²) in [5.74, 6) is 0. The first-order valence-corrected chi connectivity index (χ1v) is 21.5. The number of benzene rings is 10. The summed E-state index contributed by atoms with van der Waals surface area (Å²) in [4.78, 5) is 2.38. The summed E-state index contributed by atoms with van der Waals surface area (Å²) in [6.07, 6.45) is 0. The van der Waals surface area contributed by atoms with Gasteiger partial charge in [-0.1, -0.05) is 176 Å². The van der Waals surface area contributed by atoms with Crippen molar-refractivity contribution in [3.63, 3.8) is 0 Å². The maximum absolute atomic E-state index is 6.40. The number of para-hydroxylation sites is 5. The summed E-state index contributed by atoms with van der Waals surface area (Å²) in [7, 11) is 0. The van der Waals surface area contributed by atoms with Gasteiger partial charge in [0.1, 0.15) is 11.2 Å². The molecule has 3 nitrogen and oxygen atoms in total. The molecule has 12 rings (SSSR count). The fourth-order valence-corrected chi connectivity index (χ4v) is 9.51. The average molecular weight is 805 g/mol. The van der Waals surface area contributed by atoms with Crippen LogP contribution < -0.4 is 4.90 Å². The van der Waals surface area contributed by atoms with E-state index >= 15 is 0 Å². The zero-order valence-corrected chi connectivity index (χ0v) is 34.4. The van der Waals surface area contributed by atoms with Crippen LogP contribution in [-0.2, 0) is 0 Å². The fraction of sp³-hybridized carbons (Fsp3) is 0. The minimum atomic E-state index is 0.878. The Bertz CT molecular complexity index is 3560. The highest BCUT2D eigenvalue weighted by Crippen LogP contribution is 2.44. The number of hydrogen-bond donors (Lipinski definition) is 0. The normalized spacial score (nSPS) is 11.5. The first-order valence-electron chi connectivity index (χ1n) is 21.5. The SMILES string of the molecule is c1ccc(-c2ccccc2-c2ccc(N(c3ccc(-c4ccccc4-n4c5ccccc5c5ccccc54)cc3)c3ccccc3-c3ccc4c(c3)oc3ccccc34)cc2)cc1. The van der Waals surface area contributed by atoms with Crippen LogP contribution in [0.2, 0.25) is 0 Å². The van der Waals surface area contributed by atoms with Gasteiger partial charge in [0.05, 0.1) is 22.4 Å². The van der Waals surface area contributed by atoms with Crippen molar-refractivity contribution < 1.29 is 4.42 Å². The van der Waals surface area contributed by atoms with E-state index in [1.165, 1.54) is 49.6 Å². The van der Waals surface area contributed by atoms with Gasteiger partial charge in [-0.05, 0) is 100 Å². The number of hydrogen-bond acceptors (Lipinski definition) is 2. The minimum absolute atomic E-state index is 0.878. The van der Waals surface area contributed by atoms with Gasteiger partial charge >= 0.3 is 0 Å². The highest BCUT2D eigenvalue weighted by molar-refractivity contribution is 6.10. The van der Waals surface area contributed by atoms with E-state index in [1.807, 2.05) is 12.1 Å².